The minimum absolute atomic E-state index is 0.0170. The molecule has 0 saturated heterocycles. The Morgan fingerprint density at radius 2 is 1.87 bits per heavy atom. The van der Waals surface area contributed by atoms with Gasteiger partial charge in [-0.25, -0.2) is 9.88 Å². The number of nitrogens with one attached hydrogen (secondary N) is 2. The molecular weight excluding hydrogens is 517 g/mol. The molecule has 0 spiro atoms. The summed E-state index contributed by atoms with van der Waals surface area (Å²) >= 11 is 0. The summed E-state index contributed by atoms with van der Waals surface area (Å²) in [5.41, 5.74) is 2.82. The number of ether oxygens (including phenoxy) is 1. The largest absolute Gasteiger partial charge is 0.460 e. The van der Waals surface area contributed by atoms with E-state index in [0.29, 0.717) is 5.75 Å². The van der Waals surface area contributed by atoms with E-state index < -0.39 is 30.8 Å². The SMILES string of the molecule is C/C(=C\CP(=O)(N[C@@H](C)C(=O)OCc1ccccc1)Oc1cccc2c1CCCC2)Cn1ccc(=O)[nH]c1=O. The van der Waals surface area contributed by atoms with Crippen molar-refractivity contribution >= 4 is 13.5 Å². The van der Waals surface area contributed by atoms with Gasteiger partial charge in [-0.05, 0) is 62.3 Å². The van der Waals surface area contributed by atoms with Crippen LogP contribution in [0.1, 0.15) is 43.4 Å². The Morgan fingerprint density at radius 1 is 1.10 bits per heavy atom. The molecular formula is C29H34N3O6P. The predicted octanol–water partition coefficient (Wildman–Crippen LogP) is 4.36. The summed E-state index contributed by atoms with van der Waals surface area (Å²) in [4.78, 5) is 38.4. The summed E-state index contributed by atoms with van der Waals surface area (Å²) in [6, 6.07) is 15.5. The lowest BCUT2D eigenvalue weighted by Gasteiger charge is -2.26. The van der Waals surface area contributed by atoms with Gasteiger partial charge in [0, 0.05) is 18.8 Å². The van der Waals surface area contributed by atoms with Gasteiger partial charge in [0.2, 0.25) is 0 Å². The topological polar surface area (TPSA) is 119 Å². The van der Waals surface area contributed by atoms with E-state index in [1.807, 2.05) is 42.5 Å². The van der Waals surface area contributed by atoms with Crippen molar-refractivity contribution in [2.45, 2.75) is 58.7 Å². The maximum Gasteiger partial charge on any atom is 0.328 e. The first kappa shape index (κ1) is 28.3. The second-order valence-electron chi connectivity index (χ2n) is 9.78. The van der Waals surface area contributed by atoms with Crippen LogP contribution in [0.25, 0.3) is 0 Å². The van der Waals surface area contributed by atoms with E-state index in [1.54, 1.807) is 19.9 Å². The number of esters is 1. The number of hydrogen-bond acceptors (Lipinski definition) is 6. The van der Waals surface area contributed by atoms with E-state index in [-0.39, 0.29) is 19.3 Å². The molecule has 0 aliphatic heterocycles. The van der Waals surface area contributed by atoms with Gasteiger partial charge in [-0.3, -0.25) is 23.7 Å². The first-order chi connectivity index (χ1) is 18.7. The van der Waals surface area contributed by atoms with Gasteiger partial charge in [-0.15, -0.1) is 0 Å². The number of aromatic amines is 1. The quantitative estimate of drug-likeness (QED) is 0.207. The minimum Gasteiger partial charge on any atom is -0.460 e. The van der Waals surface area contributed by atoms with Crippen molar-refractivity contribution in [1.29, 1.82) is 0 Å². The number of aryl methyl sites for hydroxylation is 1. The zero-order valence-corrected chi connectivity index (χ0v) is 23.1. The smallest absolute Gasteiger partial charge is 0.328 e. The fourth-order valence-electron chi connectivity index (χ4n) is 4.49. The molecule has 0 radical (unpaired) electrons. The summed E-state index contributed by atoms with van der Waals surface area (Å²) in [6.45, 7) is 3.70. The Bertz CT molecular complexity index is 1490. The highest BCUT2D eigenvalue weighted by Crippen LogP contribution is 2.46. The fourth-order valence-corrected chi connectivity index (χ4v) is 6.46. The number of H-pyrrole nitrogens is 1. The number of allylic oxidation sites excluding steroid dienone is 2. The highest BCUT2D eigenvalue weighted by Gasteiger charge is 2.31. The number of carbonyl (C=O) groups excluding carboxylic acids is 1. The van der Waals surface area contributed by atoms with Crippen LogP contribution in [0, 0.1) is 0 Å². The van der Waals surface area contributed by atoms with Crippen molar-refractivity contribution in [3.63, 3.8) is 0 Å². The summed E-state index contributed by atoms with van der Waals surface area (Å²) < 4.78 is 27.2. The van der Waals surface area contributed by atoms with Crippen molar-refractivity contribution in [2.75, 3.05) is 6.16 Å². The van der Waals surface area contributed by atoms with E-state index in [2.05, 4.69) is 16.1 Å². The lowest BCUT2D eigenvalue weighted by Crippen LogP contribution is -2.35. The van der Waals surface area contributed by atoms with Gasteiger partial charge >= 0.3 is 19.2 Å². The molecule has 2 aromatic carbocycles. The van der Waals surface area contributed by atoms with E-state index in [1.165, 1.54) is 22.4 Å². The Kier molecular flexibility index (Phi) is 9.38. The van der Waals surface area contributed by atoms with Crippen LogP contribution in [0.2, 0.25) is 0 Å². The first-order valence-electron chi connectivity index (χ1n) is 13.1. The van der Waals surface area contributed by atoms with Gasteiger partial charge in [0.25, 0.3) is 5.56 Å². The molecule has 0 fully saturated rings. The van der Waals surface area contributed by atoms with E-state index in [9.17, 15) is 18.9 Å². The molecule has 1 heterocycles. The number of nitrogens with zero attached hydrogens (tertiary/aromatic N) is 1. The summed E-state index contributed by atoms with van der Waals surface area (Å²) in [6.07, 6.45) is 7.03. The molecule has 9 nitrogen and oxygen atoms in total. The van der Waals surface area contributed by atoms with Crippen LogP contribution in [-0.2, 0) is 40.1 Å². The molecule has 0 bridgehead atoms. The Balaban J connectivity index is 1.52. The van der Waals surface area contributed by atoms with Crippen LogP contribution < -0.4 is 20.9 Å². The van der Waals surface area contributed by atoms with Crippen molar-refractivity contribution < 1.29 is 18.6 Å². The number of benzene rings is 2. The Hall–Kier alpha value is -3.68. The highest BCUT2D eigenvalue weighted by molar-refractivity contribution is 7.57. The lowest BCUT2D eigenvalue weighted by atomic mass is 9.91. The molecule has 1 aliphatic rings. The van der Waals surface area contributed by atoms with E-state index in [0.717, 1.165) is 42.4 Å². The second kappa shape index (κ2) is 12.9. The average Bonchev–Trinajstić information content (AvgIpc) is 2.93. The van der Waals surface area contributed by atoms with Crippen LogP contribution in [-0.4, -0.2) is 27.7 Å². The third-order valence-electron chi connectivity index (χ3n) is 6.56. The molecule has 2 atom stereocenters. The van der Waals surface area contributed by atoms with Crippen molar-refractivity contribution in [3.8, 4) is 5.75 Å². The fraction of sp³-hybridized carbons (Fsp3) is 0.345. The van der Waals surface area contributed by atoms with Crippen molar-refractivity contribution in [1.82, 2.24) is 14.6 Å². The Labute approximate surface area is 227 Å². The number of rotatable bonds is 11. The van der Waals surface area contributed by atoms with Crippen molar-refractivity contribution in [3.05, 3.63) is 110 Å². The van der Waals surface area contributed by atoms with Gasteiger partial charge in [0.1, 0.15) is 18.4 Å². The molecule has 39 heavy (non-hydrogen) atoms. The zero-order chi connectivity index (χ0) is 27.8. The van der Waals surface area contributed by atoms with Crippen LogP contribution >= 0.6 is 7.52 Å². The molecule has 206 valence electrons. The lowest BCUT2D eigenvalue weighted by molar-refractivity contribution is -0.146. The maximum atomic E-state index is 14.2. The normalized spacial score (nSPS) is 15.6. The molecule has 0 amide bonds. The molecule has 2 N–H and O–H groups in total. The van der Waals surface area contributed by atoms with Crippen LogP contribution in [0.3, 0.4) is 0 Å². The second-order valence-corrected chi connectivity index (χ2v) is 11.9. The summed E-state index contributed by atoms with van der Waals surface area (Å²) in [5.74, 6) is 0.00838. The third kappa shape index (κ3) is 7.91. The van der Waals surface area contributed by atoms with Crippen LogP contribution in [0.15, 0.2) is 82.0 Å². The molecule has 1 aromatic heterocycles. The molecule has 1 unspecified atom stereocenters. The van der Waals surface area contributed by atoms with Gasteiger partial charge in [-0.1, -0.05) is 54.1 Å². The predicted molar refractivity (Wildman–Crippen MR) is 150 cm³/mol. The van der Waals surface area contributed by atoms with Gasteiger partial charge in [0.05, 0.1) is 6.16 Å². The maximum absolute atomic E-state index is 14.2. The minimum atomic E-state index is -3.64. The number of carbonyl (C=O) groups is 1. The monoisotopic (exact) mass is 551 g/mol. The van der Waals surface area contributed by atoms with E-state index in [4.69, 9.17) is 9.26 Å². The number of hydrogen-bond donors (Lipinski definition) is 2. The highest BCUT2D eigenvalue weighted by atomic mass is 31.2. The Morgan fingerprint density at radius 3 is 2.64 bits per heavy atom. The van der Waals surface area contributed by atoms with Crippen LogP contribution in [0.4, 0.5) is 0 Å². The van der Waals surface area contributed by atoms with Gasteiger partial charge in [-0.2, -0.15) is 0 Å². The van der Waals surface area contributed by atoms with Gasteiger partial charge in [0.15, 0.2) is 0 Å². The van der Waals surface area contributed by atoms with Crippen molar-refractivity contribution in [2.24, 2.45) is 0 Å². The van der Waals surface area contributed by atoms with Gasteiger partial charge < -0.3 is 9.26 Å². The average molecular weight is 552 g/mol. The van der Waals surface area contributed by atoms with E-state index >= 15 is 0 Å². The third-order valence-corrected chi connectivity index (χ3v) is 8.50. The summed E-state index contributed by atoms with van der Waals surface area (Å²) in [7, 11) is -3.64. The zero-order valence-electron chi connectivity index (χ0n) is 22.2. The number of fused-ring (bicyclic) bond motifs is 1. The molecule has 1 aliphatic carbocycles. The summed E-state index contributed by atoms with van der Waals surface area (Å²) in [5, 5.41) is 2.92. The van der Waals surface area contributed by atoms with Crippen LogP contribution in [0.5, 0.6) is 5.75 Å². The first-order valence-corrected chi connectivity index (χ1v) is 14.9. The standard InChI is InChI=1S/C29H34N3O6P/c1-21(19-32-17-15-27(33)30-29(32)35)16-18-39(36,38-26-14-8-12-24-11-6-7-13-25(24)26)31-22(2)28(34)37-20-23-9-4-3-5-10-23/h3-5,8-10,12,14-17,22H,6-7,11,13,18-20H2,1-2H3,(H,31,36)(H,30,33,35)/b21-16+/t22-,39?/m0/s1. The molecule has 10 heteroatoms. The molecule has 4 rings (SSSR count). The molecule has 3 aromatic rings. The molecule has 0 saturated carbocycles. The number of aromatic nitrogens is 2.